The molecule has 0 saturated heterocycles. The molecule has 3 rings (SSSR count). The van der Waals surface area contributed by atoms with Crippen LogP contribution in [0.3, 0.4) is 0 Å². The SMILES string of the molecule is N#CCc1ccc(NC(=O)c2ccc(Cl)c(S(=O)(=O)Nc3ccccc3)c2)cc1. The van der Waals surface area contributed by atoms with Crippen molar-refractivity contribution >= 4 is 38.9 Å². The first-order valence-electron chi connectivity index (χ1n) is 8.54. The van der Waals surface area contributed by atoms with Crippen LogP contribution in [0.15, 0.2) is 77.7 Å². The highest BCUT2D eigenvalue weighted by molar-refractivity contribution is 7.92. The number of halogens is 1. The molecule has 0 atom stereocenters. The van der Waals surface area contributed by atoms with Crippen LogP contribution in [0.2, 0.25) is 5.02 Å². The standard InChI is InChI=1S/C21H16ClN3O3S/c22-19-11-8-16(21(26)24-17-9-6-15(7-10-17)12-13-23)14-20(19)29(27,28)25-18-4-2-1-3-5-18/h1-11,14,25H,12H2,(H,24,26). The first kappa shape index (κ1) is 20.4. The van der Waals surface area contributed by atoms with Crippen molar-refractivity contribution in [2.24, 2.45) is 0 Å². The summed E-state index contributed by atoms with van der Waals surface area (Å²) < 4.78 is 27.8. The van der Waals surface area contributed by atoms with Gasteiger partial charge in [0.1, 0.15) is 4.90 Å². The Morgan fingerprint density at radius 2 is 1.66 bits per heavy atom. The van der Waals surface area contributed by atoms with E-state index < -0.39 is 15.9 Å². The Labute approximate surface area is 173 Å². The van der Waals surface area contributed by atoms with Crippen LogP contribution in [0.25, 0.3) is 0 Å². The van der Waals surface area contributed by atoms with E-state index in [1.807, 2.05) is 0 Å². The van der Waals surface area contributed by atoms with E-state index in [0.29, 0.717) is 11.4 Å². The molecule has 3 aromatic rings. The summed E-state index contributed by atoms with van der Waals surface area (Å²) in [6, 6.07) is 21.3. The molecule has 0 aliphatic heterocycles. The molecule has 0 bridgehead atoms. The Morgan fingerprint density at radius 1 is 0.966 bits per heavy atom. The molecule has 0 radical (unpaired) electrons. The second kappa shape index (κ2) is 8.78. The lowest BCUT2D eigenvalue weighted by molar-refractivity contribution is 0.102. The number of nitrogens with zero attached hydrogens (tertiary/aromatic N) is 1. The van der Waals surface area contributed by atoms with Gasteiger partial charge >= 0.3 is 0 Å². The molecule has 0 saturated carbocycles. The number of nitriles is 1. The lowest BCUT2D eigenvalue weighted by Crippen LogP contribution is -2.16. The van der Waals surface area contributed by atoms with Crippen molar-refractivity contribution in [3.8, 4) is 6.07 Å². The number of nitrogens with one attached hydrogen (secondary N) is 2. The van der Waals surface area contributed by atoms with Crippen molar-refractivity contribution in [1.82, 2.24) is 0 Å². The van der Waals surface area contributed by atoms with Crippen molar-refractivity contribution in [2.45, 2.75) is 11.3 Å². The zero-order chi connectivity index (χ0) is 20.9. The fourth-order valence-electron chi connectivity index (χ4n) is 2.57. The molecular formula is C21H16ClN3O3S. The summed E-state index contributed by atoms with van der Waals surface area (Å²) in [7, 11) is -3.98. The third-order valence-corrected chi connectivity index (χ3v) is 5.87. The smallest absolute Gasteiger partial charge is 0.263 e. The quantitative estimate of drug-likeness (QED) is 0.609. The maximum atomic E-state index is 12.7. The molecule has 0 heterocycles. The van der Waals surface area contributed by atoms with E-state index >= 15 is 0 Å². The number of carbonyl (C=O) groups excluding carboxylic acids is 1. The van der Waals surface area contributed by atoms with Crippen molar-refractivity contribution in [2.75, 3.05) is 10.0 Å². The maximum Gasteiger partial charge on any atom is 0.263 e. The zero-order valence-corrected chi connectivity index (χ0v) is 16.7. The number of rotatable bonds is 6. The number of anilines is 2. The maximum absolute atomic E-state index is 12.7. The monoisotopic (exact) mass is 425 g/mol. The highest BCUT2D eigenvalue weighted by atomic mass is 35.5. The highest BCUT2D eigenvalue weighted by Gasteiger charge is 2.20. The Balaban J connectivity index is 1.82. The van der Waals surface area contributed by atoms with Gasteiger partial charge in [0.2, 0.25) is 0 Å². The summed E-state index contributed by atoms with van der Waals surface area (Å²) in [5, 5.41) is 11.4. The summed E-state index contributed by atoms with van der Waals surface area (Å²) in [5.41, 5.74) is 1.88. The van der Waals surface area contributed by atoms with Crippen LogP contribution < -0.4 is 10.0 Å². The summed E-state index contributed by atoms with van der Waals surface area (Å²) in [6.07, 6.45) is 0.279. The highest BCUT2D eigenvalue weighted by Crippen LogP contribution is 2.25. The number of sulfonamides is 1. The van der Waals surface area contributed by atoms with E-state index in [0.717, 1.165) is 5.56 Å². The average molecular weight is 426 g/mol. The van der Waals surface area contributed by atoms with Crippen LogP contribution in [0.1, 0.15) is 15.9 Å². The van der Waals surface area contributed by atoms with Crippen LogP contribution >= 0.6 is 11.6 Å². The molecule has 0 aliphatic rings. The second-order valence-electron chi connectivity index (χ2n) is 6.10. The first-order chi connectivity index (χ1) is 13.9. The largest absolute Gasteiger partial charge is 0.322 e. The van der Waals surface area contributed by atoms with Gasteiger partial charge in [-0.2, -0.15) is 5.26 Å². The Morgan fingerprint density at radius 3 is 2.31 bits per heavy atom. The van der Waals surface area contributed by atoms with Gasteiger partial charge in [0.15, 0.2) is 0 Å². The van der Waals surface area contributed by atoms with Gasteiger partial charge in [-0.1, -0.05) is 41.9 Å². The molecule has 3 aromatic carbocycles. The molecule has 29 heavy (non-hydrogen) atoms. The minimum Gasteiger partial charge on any atom is -0.322 e. The van der Waals surface area contributed by atoms with E-state index in [2.05, 4.69) is 16.1 Å². The molecule has 0 unspecified atom stereocenters. The second-order valence-corrected chi connectivity index (χ2v) is 8.16. The van der Waals surface area contributed by atoms with E-state index in [1.165, 1.54) is 18.2 Å². The van der Waals surface area contributed by atoms with Gasteiger partial charge in [-0.05, 0) is 48.0 Å². The molecule has 1 amide bonds. The summed E-state index contributed by atoms with van der Waals surface area (Å²) in [4.78, 5) is 12.4. The number of para-hydroxylation sites is 1. The topological polar surface area (TPSA) is 99.1 Å². The number of hydrogen-bond acceptors (Lipinski definition) is 4. The van der Waals surface area contributed by atoms with Crippen LogP contribution in [-0.2, 0) is 16.4 Å². The van der Waals surface area contributed by atoms with Gasteiger partial charge in [-0.15, -0.1) is 0 Å². The van der Waals surface area contributed by atoms with Gasteiger partial charge in [-0.3, -0.25) is 9.52 Å². The molecule has 0 fully saturated rings. The van der Waals surface area contributed by atoms with Crippen molar-refractivity contribution in [3.63, 3.8) is 0 Å². The fourth-order valence-corrected chi connectivity index (χ4v) is 4.15. The number of hydrogen-bond donors (Lipinski definition) is 2. The average Bonchev–Trinajstić information content (AvgIpc) is 2.70. The fraction of sp³-hybridized carbons (Fsp3) is 0.0476. The predicted octanol–water partition coefficient (Wildman–Crippen LogP) is 4.46. The lowest BCUT2D eigenvalue weighted by atomic mass is 10.1. The zero-order valence-electron chi connectivity index (χ0n) is 15.1. The van der Waals surface area contributed by atoms with E-state index in [4.69, 9.17) is 16.9 Å². The molecule has 0 spiro atoms. The van der Waals surface area contributed by atoms with Gasteiger partial charge < -0.3 is 5.32 Å². The minimum atomic E-state index is -3.98. The number of amides is 1. The Hall–Kier alpha value is -3.34. The third kappa shape index (κ3) is 5.13. The molecule has 0 aromatic heterocycles. The number of benzene rings is 3. The van der Waals surface area contributed by atoms with E-state index in [-0.39, 0.29) is 21.9 Å². The molecule has 6 nitrogen and oxygen atoms in total. The lowest BCUT2D eigenvalue weighted by Gasteiger charge is -2.11. The van der Waals surface area contributed by atoms with Crippen molar-refractivity contribution in [3.05, 3.63) is 88.9 Å². The van der Waals surface area contributed by atoms with Crippen LogP contribution in [0.4, 0.5) is 11.4 Å². The third-order valence-electron chi connectivity index (χ3n) is 4.00. The molecule has 146 valence electrons. The molecule has 0 aliphatic carbocycles. The van der Waals surface area contributed by atoms with Crippen molar-refractivity contribution < 1.29 is 13.2 Å². The van der Waals surface area contributed by atoms with Gasteiger partial charge in [0.05, 0.1) is 17.5 Å². The van der Waals surface area contributed by atoms with Crippen LogP contribution in [-0.4, -0.2) is 14.3 Å². The van der Waals surface area contributed by atoms with Crippen molar-refractivity contribution in [1.29, 1.82) is 5.26 Å². The number of carbonyl (C=O) groups is 1. The molecule has 2 N–H and O–H groups in total. The summed E-state index contributed by atoms with van der Waals surface area (Å²) in [6.45, 7) is 0. The predicted molar refractivity (Wildman–Crippen MR) is 112 cm³/mol. The Kier molecular flexibility index (Phi) is 6.17. The summed E-state index contributed by atoms with van der Waals surface area (Å²) >= 11 is 6.08. The van der Waals surface area contributed by atoms with Crippen LogP contribution in [0.5, 0.6) is 0 Å². The van der Waals surface area contributed by atoms with Gasteiger partial charge in [0, 0.05) is 16.9 Å². The molecule has 8 heteroatoms. The van der Waals surface area contributed by atoms with E-state index in [1.54, 1.807) is 54.6 Å². The van der Waals surface area contributed by atoms with E-state index in [9.17, 15) is 13.2 Å². The normalized spacial score (nSPS) is 10.8. The van der Waals surface area contributed by atoms with Gasteiger partial charge in [-0.25, -0.2) is 8.42 Å². The van der Waals surface area contributed by atoms with Crippen LogP contribution in [0, 0.1) is 11.3 Å². The summed E-state index contributed by atoms with van der Waals surface area (Å²) in [5.74, 6) is -0.481. The Bertz CT molecular complexity index is 1170. The minimum absolute atomic E-state index is 0.00541. The van der Waals surface area contributed by atoms with Gasteiger partial charge in [0.25, 0.3) is 15.9 Å². The first-order valence-corrected chi connectivity index (χ1v) is 10.4. The molecular weight excluding hydrogens is 410 g/mol.